The van der Waals surface area contributed by atoms with E-state index >= 15 is 0 Å². The van der Waals surface area contributed by atoms with E-state index in [9.17, 15) is 9.59 Å². The van der Waals surface area contributed by atoms with E-state index in [0.29, 0.717) is 35.9 Å². The lowest BCUT2D eigenvalue weighted by molar-refractivity contribution is 0.0219. The van der Waals surface area contributed by atoms with E-state index in [0.717, 1.165) is 5.69 Å². The Morgan fingerprint density at radius 1 is 1.23 bits per heavy atom. The second-order valence-electron chi connectivity index (χ2n) is 7.15. The molecule has 2 aromatic rings. The second kappa shape index (κ2) is 7.15. The smallest absolute Gasteiger partial charge is 0.410 e. The lowest BCUT2D eigenvalue weighted by Crippen LogP contribution is -2.42. The second-order valence-corrected chi connectivity index (χ2v) is 7.93. The molecule has 0 N–H and O–H groups in total. The van der Waals surface area contributed by atoms with Gasteiger partial charge in [0, 0.05) is 12.1 Å². The van der Waals surface area contributed by atoms with Gasteiger partial charge in [-0.05, 0) is 45.6 Å². The van der Waals surface area contributed by atoms with Crippen LogP contribution in [0.4, 0.5) is 4.79 Å². The van der Waals surface area contributed by atoms with Gasteiger partial charge in [0.15, 0.2) is 5.16 Å². The van der Waals surface area contributed by atoms with Crippen LogP contribution in [0.2, 0.25) is 0 Å². The zero-order valence-corrected chi connectivity index (χ0v) is 16.3. The maximum Gasteiger partial charge on any atom is 0.410 e. The summed E-state index contributed by atoms with van der Waals surface area (Å²) in [5.41, 5.74) is 1.52. The monoisotopic (exact) mass is 373 g/mol. The summed E-state index contributed by atoms with van der Waals surface area (Å²) in [6.07, 6.45) is 1.99. The van der Waals surface area contributed by atoms with Crippen molar-refractivity contribution in [3.05, 3.63) is 51.9 Å². The molecular weight excluding hydrogens is 350 g/mol. The quantitative estimate of drug-likeness (QED) is 0.597. The van der Waals surface area contributed by atoms with Gasteiger partial charge in [-0.3, -0.25) is 9.36 Å². The van der Waals surface area contributed by atoms with Gasteiger partial charge in [0.2, 0.25) is 0 Å². The van der Waals surface area contributed by atoms with Crippen molar-refractivity contribution in [1.29, 1.82) is 0 Å². The molecule has 1 aliphatic heterocycles. The number of benzene rings is 1. The third-order valence-corrected chi connectivity index (χ3v) is 4.69. The highest BCUT2D eigenvalue weighted by Crippen LogP contribution is 2.22. The van der Waals surface area contributed by atoms with E-state index in [1.54, 1.807) is 9.47 Å². The number of hydrogen-bond donors (Lipinski definition) is 0. The third-order valence-electron chi connectivity index (χ3n) is 4.05. The number of fused-ring (bicyclic) bond motifs is 1. The predicted octanol–water partition coefficient (Wildman–Crippen LogP) is 3.25. The number of aromatic nitrogens is 2. The Morgan fingerprint density at radius 3 is 2.54 bits per heavy atom. The van der Waals surface area contributed by atoms with Crippen molar-refractivity contribution < 1.29 is 9.53 Å². The van der Waals surface area contributed by atoms with Crippen LogP contribution in [0.25, 0.3) is 5.69 Å². The molecule has 0 aliphatic carbocycles. The van der Waals surface area contributed by atoms with Crippen molar-refractivity contribution in [3.8, 4) is 5.69 Å². The van der Waals surface area contributed by atoms with Gasteiger partial charge in [-0.2, -0.15) is 0 Å². The van der Waals surface area contributed by atoms with Crippen molar-refractivity contribution in [2.45, 2.75) is 44.5 Å². The first-order valence-electron chi connectivity index (χ1n) is 8.52. The van der Waals surface area contributed by atoms with E-state index in [-0.39, 0.29) is 11.7 Å². The molecule has 7 heteroatoms. The number of para-hydroxylation sites is 1. The van der Waals surface area contributed by atoms with Gasteiger partial charge in [-0.25, -0.2) is 9.78 Å². The molecule has 0 saturated carbocycles. The summed E-state index contributed by atoms with van der Waals surface area (Å²) < 4.78 is 7.09. The van der Waals surface area contributed by atoms with Crippen LogP contribution < -0.4 is 5.56 Å². The number of nitrogens with zero attached hydrogens (tertiary/aromatic N) is 3. The normalized spacial score (nSPS) is 14.1. The summed E-state index contributed by atoms with van der Waals surface area (Å²) in [4.78, 5) is 31.7. The topological polar surface area (TPSA) is 64.4 Å². The summed E-state index contributed by atoms with van der Waals surface area (Å²) >= 11 is 1.41. The third kappa shape index (κ3) is 3.77. The van der Waals surface area contributed by atoms with Crippen LogP contribution in [0.1, 0.15) is 32.0 Å². The van der Waals surface area contributed by atoms with Gasteiger partial charge < -0.3 is 9.64 Å². The largest absolute Gasteiger partial charge is 0.444 e. The molecule has 1 aliphatic rings. The predicted molar refractivity (Wildman–Crippen MR) is 102 cm³/mol. The molecule has 1 aromatic carbocycles. The summed E-state index contributed by atoms with van der Waals surface area (Å²) in [6, 6.07) is 9.50. The van der Waals surface area contributed by atoms with Gasteiger partial charge in [-0.15, -0.1) is 0 Å². The fourth-order valence-corrected chi connectivity index (χ4v) is 3.46. The molecule has 0 unspecified atom stereocenters. The van der Waals surface area contributed by atoms with Gasteiger partial charge >= 0.3 is 6.09 Å². The zero-order chi connectivity index (χ0) is 18.9. The molecule has 2 heterocycles. The fourth-order valence-electron chi connectivity index (χ4n) is 2.89. The molecule has 138 valence electrons. The van der Waals surface area contributed by atoms with Crippen molar-refractivity contribution in [1.82, 2.24) is 14.5 Å². The van der Waals surface area contributed by atoms with Crippen LogP contribution in [0.3, 0.4) is 0 Å². The Morgan fingerprint density at radius 2 is 1.92 bits per heavy atom. The Hall–Kier alpha value is -2.28. The van der Waals surface area contributed by atoms with Crippen molar-refractivity contribution >= 4 is 17.9 Å². The van der Waals surface area contributed by atoms with Crippen LogP contribution in [0, 0.1) is 0 Å². The number of amides is 1. The molecular formula is C19H23N3O3S. The summed E-state index contributed by atoms with van der Waals surface area (Å²) in [5, 5.41) is 0.617. The number of ether oxygens (including phenoxy) is 1. The Balaban J connectivity index is 1.97. The molecule has 26 heavy (non-hydrogen) atoms. The van der Waals surface area contributed by atoms with E-state index in [1.165, 1.54) is 11.8 Å². The zero-order valence-electron chi connectivity index (χ0n) is 15.5. The average Bonchev–Trinajstić information content (AvgIpc) is 2.60. The Bertz CT molecular complexity index is 872. The minimum Gasteiger partial charge on any atom is -0.444 e. The summed E-state index contributed by atoms with van der Waals surface area (Å²) in [7, 11) is 0. The summed E-state index contributed by atoms with van der Waals surface area (Å²) in [5.74, 6) is 0. The first kappa shape index (κ1) is 18.5. The minimum absolute atomic E-state index is 0.0608. The fraction of sp³-hybridized carbons (Fsp3) is 0.421. The maximum atomic E-state index is 13.1. The highest BCUT2D eigenvalue weighted by atomic mass is 32.2. The number of thioether (sulfide) groups is 1. The molecule has 0 saturated heterocycles. The molecule has 0 fully saturated rings. The average molecular weight is 373 g/mol. The van der Waals surface area contributed by atoms with Crippen molar-refractivity contribution in [3.63, 3.8) is 0 Å². The van der Waals surface area contributed by atoms with Crippen LogP contribution in [-0.4, -0.2) is 38.9 Å². The molecule has 0 spiro atoms. The van der Waals surface area contributed by atoms with Crippen LogP contribution >= 0.6 is 11.8 Å². The number of hydrogen-bond acceptors (Lipinski definition) is 5. The standard InChI is InChI=1S/C19H23N3O3S/c1-19(2,3)25-18(24)21-11-10-14-15(12-21)20-17(26-4)22(16(14)23)13-8-6-5-7-9-13/h5-9H,10-12H2,1-4H3. The van der Waals surface area contributed by atoms with E-state index in [2.05, 4.69) is 4.98 Å². The summed E-state index contributed by atoms with van der Waals surface area (Å²) in [6.45, 7) is 6.26. The van der Waals surface area contributed by atoms with Gasteiger partial charge in [0.05, 0.1) is 17.9 Å². The molecule has 3 rings (SSSR count). The van der Waals surface area contributed by atoms with Crippen LogP contribution in [0.15, 0.2) is 40.3 Å². The molecule has 0 bridgehead atoms. The van der Waals surface area contributed by atoms with Crippen LogP contribution in [0.5, 0.6) is 0 Å². The SMILES string of the molecule is CSc1nc2c(c(=O)n1-c1ccccc1)CCN(C(=O)OC(C)(C)C)C2. The molecule has 0 atom stereocenters. The highest BCUT2D eigenvalue weighted by Gasteiger charge is 2.29. The lowest BCUT2D eigenvalue weighted by atomic mass is 10.1. The highest BCUT2D eigenvalue weighted by molar-refractivity contribution is 7.98. The van der Waals surface area contributed by atoms with E-state index < -0.39 is 5.60 Å². The number of rotatable bonds is 2. The lowest BCUT2D eigenvalue weighted by Gasteiger charge is -2.31. The number of carbonyl (C=O) groups excluding carboxylic acids is 1. The maximum absolute atomic E-state index is 13.1. The van der Waals surface area contributed by atoms with Crippen molar-refractivity contribution in [2.24, 2.45) is 0 Å². The molecule has 1 amide bonds. The van der Waals surface area contributed by atoms with Gasteiger partial charge in [-0.1, -0.05) is 30.0 Å². The van der Waals surface area contributed by atoms with E-state index in [1.807, 2.05) is 57.4 Å². The minimum atomic E-state index is -0.550. The molecule has 0 radical (unpaired) electrons. The van der Waals surface area contributed by atoms with Gasteiger partial charge in [0.1, 0.15) is 5.60 Å². The number of carbonyl (C=O) groups is 1. The van der Waals surface area contributed by atoms with E-state index in [4.69, 9.17) is 4.74 Å². The molecule has 1 aromatic heterocycles. The molecule has 6 nitrogen and oxygen atoms in total. The van der Waals surface area contributed by atoms with Crippen molar-refractivity contribution in [2.75, 3.05) is 12.8 Å². The van der Waals surface area contributed by atoms with Crippen LogP contribution in [-0.2, 0) is 17.7 Å². The Labute approximate surface area is 157 Å². The first-order chi connectivity index (χ1) is 12.3. The van der Waals surface area contributed by atoms with Gasteiger partial charge in [0.25, 0.3) is 5.56 Å². The first-order valence-corrected chi connectivity index (χ1v) is 9.75. The Kier molecular flexibility index (Phi) is 5.09.